The van der Waals surface area contributed by atoms with E-state index in [1.165, 1.54) is 0 Å². The fourth-order valence-corrected chi connectivity index (χ4v) is 4.42. The maximum atomic E-state index is 13.5. The fourth-order valence-electron chi connectivity index (χ4n) is 4.42. The molecule has 1 aliphatic rings. The number of amides is 2. The summed E-state index contributed by atoms with van der Waals surface area (Å²) in [4.78, 5) is 30.2. The van der Waals surface area contributed by atoms with E-state index in [2.05, 4.69) is 6.07 Å². The van der Waals surface area contributed by atoms with Crippen LogP contribution in [-0.2, 0) is 4.79 Å². The predicted molar refractivity (Wildman–Crippen MR) is 125 cm³/mol. The lowest BCUT2D eigenvalue weighted by molar-refractivity contribution is -0.118. The minimum Gasteiger partial charge on any atom is -0.305 e. The highest BCUT2D eigenvalue weighted by Gasteiger charge is 2.38. The monoisotopic (exact) mass is 423 g/mol. The number of anilines is 2. The van der Waals surface area contributed by atoms with Crippen molar-refractivity contribution >= 4 is 23.2 Å². The Morgan fingerprint density at radius 1 is 1.00 bits per heavy atom. The Labute approximate surface area is 188 Å². The van der Waals surface area contributed by atoms with E-state index in [1.807, 2.05) is 78.2 Å². The number of carbonyl (C=O) groups excluding carboxylic acids is 2. The Morgan fingerprint density at radius 3 is 2.31 bits per heavy atom. The van der Waals surface area contributed by atoms with Crippen LogP contribution in [0.4, 0.5) is 11.4 Å². The summed E-state index contributed by atoms with van der Waals surface area (Å²) in [5.41, 5.74) is 3.69. The van der Waals surface area contributed by atoms with Gasteiger partial charge in [-0.25, -0.2) is 0 Å². The average Bonchev–Trinajstić information content (AvgIpc) is 2.84. The van der Waals surface area contributed by atoms with Crippen molar-refractivity contribution in [2.45, 2.75) is 38.8 Å². The molecule has 0 radical (unpaired) electrons. The second-order valence-electron chi connectivity index (χ2n) is 7.98. The van der Waals surface area contributed by atoms with Crippen LogP contribution in [0.1, 0.15) is 54.2 Å². The van der Waals surface area contributed by atoms with E-state index in [1.54, 1.807) is 24.3 Å². The number of benzene rings is 3. The molecule has 1 aliphatic heterocycles. The molecule has 0 spiro atoms. The summed E-state index contributed by atoms with van der Waals surface area (Å²) >= 11 is 0. The smallest absolute Gasteiger partial charge is 0.258 e. The van der Waals surface area contributed by atoms with Gasteiger partial charge >= 0.3 is 0 Å². The number of hydrogen-bond donors (Lipinski definition) is 0. The van der Waals surface area contributed by atoms with Gasteiger partial charge in [-0.15, -0.1) is 0 Å². The third-order valence-electron chi connectivity index (χ3n) is 5.96. The van der Waals surface area contributed by atoms with Crippen molar-refractivity contribution in [2.75, 3.05) is 9.80 Å². The van der Waals surface area contributed by atoms with Crippen molar-refractivity contribution in [1.82, 2.24) is 0 Å². The van der Waals surface area contributed by atoms with Crippen LogP contribution in [0.2, 0.25) is 0 Å². The number of rotatable bonds is 4. The van der Waals surface area contributed by atoms with Crippen LogP contribution >= 0.6 is 0 Å². The summed E-state index contributed by atoms with van der Waals surface area (Å²) in [5.74, 6) is -0.0592. The molecular weight excluding hydrogens is 398 g/mol. The third kappa shape index (κ3) is 3.88. The zero-order valence-corrected chi connectivity index (χ0v) is 18.2. The molecule has 0 N–H and O–H groups in total. The maximum absolute atomic E-state index is 13.5. The lowest BCUT2D eigenvalue weighted by Crippen LogP contribution is -2.47. The standard InChI is InChI=1S/C27H25N3O2/c1-3-26(31)30(22-9-5-4-6-10-22)25-17-19(2)29(24-12-8-7-11-23(24)25)27(32)21-15-13-20(18-28)14-16-21/h4-16,19,25H,3,17H2,1-2H3/t19-,25+/m0/s1. The molecule has 0 saturated carbocycles. The van der Waals surface area contributed by atoms with Crippen LogP contribution in [0.15, 0.2) is 78.9 Å². The second kappa shape index (κ2) is 9.07. The summed E-state index contributed by atoms with van der Waals surface area (Å²) in [6, 6.07) is 26.0. The van der Waals surface area contributed by atoms with Crippen LogP contribution in [0.25, 0.3) is 0 Å². The lowest BCUT2D eigenvalue weighted by atomic mass is 9.89. The van der Waals surface area contributed by atoms with Crippen molar-refractivity contribution in [3.8, 4) is 6.07 Å². The SMILES string of the molecule is CCC(=O)N(c1ccccc1)[C@@H]1C[C@H](C)N(C(=O)c2ccc(C#N)cc2)c2ccccc21. The van der Waals surface area contributed by atoms with Crippen molar-refractivity contribution in [3.05, 3.63) is 95.6 Å². The lowest BCUT2D eigenvalue weighted by Gasteiger charge is -2.43. The third-order valence-corrected chi connectivity index (χ3v) is 5.96. The molecule has 0 bridgehead atoms. The average molecular weight is 424 g/mol. The number of para-hydroxylation sites is 2. The first-order valence-electron chi connectivity index (χ1n) is 10.8. The maximum Gasteiger partial charge on any atom is 0.258 e. The largest absolute Gasteiger partial charge is 0.305 e. The molecule has 0 unspecified atom stereocenters. The summed E-state index contributed by atoms with van der Waals surface area (Å²) in [5, 5.41) is 9.05. The fraction of sp³-hybridized carbons (Fsp3) is 0.222. The van der Waals surface area contributed by atoms with E-state index in [4.69, 9.17) is 5.26 Å². The minimum atomic E-state index is -0.166. The second-order valence-corrected chi connectivity index (χ2v) is 7.98. The van der Waals surface area contributed by atoms with Crippen molar-refractivity contribution in [2.24, 2.45) is 0 Å². The number of nitriles is 1. The van der Waals surface area contributed by atoms with Gasteiger partial charge in [0.15, 0.2) is 0 Å². The highest BCUT2D eigenvalue weighted by Crippen LogP contribution is 2.42. The molecule has 1 heterocycles. The summed E-state index contributed by atoms with van der Waals surface area (Å²) < 4.78 is 0. The first kappa shape index (κ1) is 21.3. The zero-order valence-electron chi connectivity index (χ0n) is 18.2. The molecule has 5 nitrogen and oxygen atoms in total. The number of nitrogens with zero attached hydrogens (tertiary/aromatic N) is 3. The van der Waals surface area contributed by atoms with E-state index in [0.29, 0.717) is 24.0 Å². The molecule has 5 heteroatoms. The van der Waals surface area contributed by atoms with Crippen LogP contribution in [0, 0.1) is 11.3 Å². The molecule has 2 atom stereocenters. The number of fused-ring (bicyclic) bond motifs is 1. The van der Waals surface area contributed by atoms with Gasteiger partial charge in [0, 0.05) is 29.4 Å². The van der Waals surface area contributed by atoms with Gasteiger partial charge in [0.25, 0.3) is 5.91 Å². The molecule has 3 aromatic rings. The number of hydrogen-bond acceptors (Lipinski definition) is 3. The van der Waals surface area contributed by atoms with Gasteiger partial charge < -0.3 is 9.80 Å². The Kier molecular flexibility index (Phi) is 6.04. The van der Waals surface area contributed by atoms with Crippen LogP contribution in [-0.4, -0.2) is 17.9 Å². The van der Waals surface area contributed by atoms with Crippen molar-refractivity contribution in [1.29, 1.82) is 5.26 Å². The molecule has 0 saturated heterocycles. The summed E-state index contributed by atoms with van der Waals surface area (Å²) in [7, 11) is 0. The highest BCUT2D eigenvalue weighted by atomic mass is 16.2. The van der Waals surface area contributed by atoms with Gasteiger partial charge in [0.2, 0.25) is 5.91 Å². The first-order chi connectivity index (χ1) is 15.5. The van der Waals surface area contributed by atoms with Crippen LogP contribution < -0.4 is 9.80 Å². The minimum absolute atomic E-state index is 0.0510. The molecule has 0 aliphatic carbocycles. The van der Waals surface area contributed by atoms with Crippen LogP contribution in [0.5, 0.6) is 0 Å². The Hall–Kier alpha value is -3.91. The highest BCUT2D eigenvalue weighted by molar-refractivity contribution is 6.07. The van der Waals surface area contributed by atoms with Gasteiger partial charge in [-0.1, -0.05) is 43.3 Å². The predicted octanol–water partition coefficient (Wildman–Crippen LogP) is 5.48. The van der Waals surface area contributed by atoms with Gasteiger partial charge in [0.1, 0.15) is 0 Å². The molecule has 3 aromatic carbocycles. The van der Waals surface area contributed by atoms with Crippen molar-refractivity contribution in [3.63, 3.8) is 0 Å². The van der Waals surface area contributed by atoms with E-state index in [0.717, 1.165) is 16.9 Å². The molecule has 2 amide bonds. The summed E-state index contributed by atoms with van der Waals surface area (Å²) in [6.45, 7) is 3.89. The van der Waals surface area contributed by atoms with Crippen LogP contribution in [0.3, 0.4) is 0 Å². The Balaban J connectivity index is 1.77. The van der Waals surface area contributed by atoms with E-state index < -0.39 is 0 Å². The van der Waals surface area contributed by atoms with E-state index in [-0.39, 0.29) is 23.9 Å². The molecule has 4 rings (SSSR count). The molecule has 160 valence electrons. The molecular formula is C27H25N3O2. The molecule has 0 fully saturated rings. The van der Waals surface area contributed by atoms with E-state index >= 15 is 0 Å². The quantitative estimate of drug-likeness (QED) is 0.558. The molecule has 32 heavy (non-hydrogen) atoms. The van der Waals surface area contributed by atoms with Gasteiger partial charge in [-0.3, -0.25) is 9.59 Å². The molecule has 0 aromatic heterocycles. The zero-order chi connectivity index (χ0) is 22.7. The summed E-state index contributed by atoms with van der Waals surface area (Å²) in [6.07, 6.45) is 1.02. The van der Waals surface area contributed by atoms with Gasteiger partial charge in [-0.2, -0.15) is 5.26 Å². The Bertz CT molecular complexity index is 1170. The number of carbonyl (C=O) groups is 2. The van der Waals surface area contributed by atoms with Gasteiger partial charge in [-0.05, 0) is 61.4 Å². The van der Waals surface area contributed by atoms with E-state index in [9.17, 15) is 9.59 Å². The Morgan fingerprint density at radius 2 is 1.66 bits per heavy atom. The topological polar surface area (TPSA) is 64.4 Å². The van der Waals surface area contributed by atoms with Gasteiger partial charge in [0.05, 0.1) is 17.7 Å². The van der Waals surface area contributed by atoms with Crippen molar-refractivity contribution < 1.29 is 9.59 Å². The normalized spacial score (nSPS) is 17.2. The first-order valence-corrected chi connectivity index (χ1v) is 10.8.